The molecule has 7 heteroatoms. The highest BCUT2D eigenvalue weighted by molar-refractivity contribution is 6.38. The number of rotatable bonds is 11. The van der Waals surface area contributed by atoms with Crippen LogP contribution in [-0.2, 0) is 33.8 Å². The van der Waals surface area contributed by atoms with Gasteiger partial charge in [0.15, 0.2) is 0 Å². The molecule has 0 bridgehead atoms. The summed E-state index contributed by atoms with van der Waals surface area (Å²) in [5, 5.41) is 5.43. The van der Waals surface area contributed by atoms with Crippen molar-refractivity contribution < 1.29 is 14.4 Å². The Labute approximate surface area is 221 Å². The average molecular weight is 508 g/mol. The molecule has 0 aliphatic rings. The molecule has 2 unspecified atom stereocenters. The Morgan fingerprint density at radius 2 is 1.18 bits per heavy atom. The van der Waals surface area contributed by atoms with E-state index in [0.717, 1.165) is 16.7 Å². The lowest BCUT2D eigenvalue weighted by Crippen LogP contribution is -2.51. The molecule has 1 heterocycles. The van der Waals surface area contributed by atoms with Gasteiger partial charge in [0.25, 0.3) is 11.5 Å². The first-order valence-corrected chi connectivity index (χ1v) is 12.4. The number of aromatic nitrogens is 1. The van der Waals surface area contributed by atoms with Gasteiger partial charge in [0.05, 0.1) is 0 Å². The molecule has 2 atom stereocenters. The predicted octanol–water partition coefficient (Wildman–Crippen LogP) is 3.25. The minimum absolute atomic E-state index is 0.131. The summed E-state index contributed by atoms with van der Waals surface area (Å²) in [6, 6.07) is 30.4. The molecule has 4 aromatic rings. The number of ketones is 1. The molecule has 4 rings (SSSR count). The van der Waals surface area contributed by atoms with Crippen molar-refractivity contribution in [3.8, 4) is 0 Å². The summed E-state index contributed by atoms with van der Waals surface area (Å²) in [6.07, 6.45) is 1.92. The molecule has 3 aromatic carbocycles. The van der Waals surface area contributed by atoms with E-state index < -0.39 is 29.7 Å². The van der Waals surface area contributed by atoms with Crippen LogP contribution in [0.25, 0.3) is 0 Å². The van der Waals surface area contributed by atoms with Crippen molar-refractivity contribution in [3.63, 3.8) is 0 Å². The molecule has 0 spiro atoms. The zero-order chi connectivity index (χ0) is 26.7. The van der Waals surface area contributed by atoms with Gasteiger partial charge in [-0.15, -0.1) is 0 Å². The molecule has 2 amide bonds. The summed E-state index contributed by atoms with van der Waals surface area (Å²) in [4.78, 5) is 52.4. The highest BCUT2D eigenvalue weighted by Gasteiger charge is 2.30. The fraction of sp³-hybridized carbons (Fsp3) is 0.161. The van der Waals surface area contributed by atoms with Gasteiger partial charge in [-0.1, -0.05) is 97.1 Å². The molecule has 0 saturated heterocycles. The van der Waals surface area contributed by atoms with Gasteiger partial charge in [0.1, 0.15) is 12.1 Å². The number of carbonyl (C=O) groups is 3. The average Bonchev–Trinajstić information content (AvgIpc) is 2.96. The SMILES string of the molecule is O=C(NCc1ccccc1)C(=O)C(Cc1ccccc1)NC(=O)C(Cc1ccccc1)n1ccccc1=O. The molecular formula is C31H29N3O4. The van der Waals surface area contributed by atoms with Gasteiger partial charge in [-0.3, -0.25) is 19.2 Å². The summed E-state index contributed by atoms with van der Waals surface area (Å²) in [6.45, 7) is 0.188. The minimum atomic E-state index is -1.11. The van der Waals surface area contributed by atoms with E-state index in [0.29, 0.717) is 0 Å². The fourth-order valence-corrected chi connectivity index (χ4v) is 4.20. The number of nitrogens with zero attached hydrogens (tertiary/aromatic N) is 1. The van der Waals surface area contributed by atoms with Gasteiger partial charge in [0.2, 0.25) is 11.7 Å². The lowest BCUT2D eigenvalue weighted by molar-refractivity contribution is -0.140. The molecule has 38 heavy (non-hydrogen) atoms. The highest BCUT2D eigenvalue weighted by atomic mass is 16.2. The normalized spacial score (nSPS) is 12.2. The minimum Gasteiger partial charge on any atom is -0.345 e. The number of carbonyl (C=O) groups excluding carboxylic acids is 3. The molecule has 0 aliphatic heterocycles. The Kier molecular flexibility index (Phi) is 8.97. The highest BCUT2D eigenvalue weighted by Crippen LogP contribution is 2.15. The van der Waals surface area contributed by atoms with Crippen LogP contribution < -0.4 is 16.2 Å². The molecule has 7 nitrogen and oxygen atoms in total. The third-order valence-corrected chi connectivity index (χ3v) is 6.20. The van der Waals surface area contributed by atoms with Gasteiger partial charge in [-0.25, -0.2) is 0 Å². The number of benzene rings is 3. The Bertz CT molecular complexity index is 1420. The van der Waals surface area contributed by atoms with Crippen molar-refractivity contribution in [2.24, 2.45) is 0 Å². The van der Waals surface area contributed by atoms with Gasteiger partial charge in [-0.05, 0) is 22.8 Å². The molecule has 0 fully saturated rings. The number of nitrogens with one attached hydrogen (secondary N) is 2. The Morgan fingerprint density at radius 3 is 1.76 bits per heavy atom. The van der Waals surface area contributed by atoms with Crippen LogP contribution in [0.2, 0.25) is 0 Å². The van der Waals surface area contributed by atoms with Crippen LogP contribution in [0.15, 0.2) is 120 Å². The fourth-order valence-electron chi connectivity index (χ4n) is 4.20. The molecule has 0 saturated carbocycles. The standard InChI is InChI=1S/C31H29N3O4/c35-28-18-10-11-19-34(28)27(21-24-14-6-2-7-15-24)30(37)33-26(20-23-12-4-1-5-13-23)29(36)31(38)32-22-25-16-8-3-9-17-25/h1-19,26-27H,20-22H2,(H,32,38)(H,33,37). The first kappa shape index (κ1) is 26.3. The summed E-state index contributed by atoms with van der Waals surface area (Å²) in [7, 11) is 0. The molecule has 0 aliphatic carbocycles. The third kappa shape index (κ3) is 7.13. The van der Waals surface area contributed by atoms with Crippen LogP contribution in [0.5, 0.6) is 0 Å². The summed E-state index contributed by atoms with van der Waals surface area (Å²) < 4.78 is 1.35. The largest absolute Gasteiger partial charge is 0.345 e. The smallest absolute Gasteiger partial charge is 0.289 e. The number of hydrogen-bond acceptors (Lipinski definition) is 4. The zero-order valence-corrected chi connectivity index (χ0v) is 20.8. The Balaban J connectivity index is 1.57. The first-order chi connectivity index (χ1) is 18.5. The number of Topliss-reactive ketones (excluding diaryl/α,β-unsaturated/α-hetero) is 1. The quantitative estimate of drug-likeness (QED) is 0.305. The molecule has 0 radical (unpaired) electrons. The van der Waals surface area contributed by atoms with Gasteiger partial charge in [-0.2, -0.15) is 0 Å². The van der Waals surface area contributed by atoms with E-state index in [1.165, 1.54) is 10.6 Å². The maximum absolute atomic E-state index is 13.7. The van der Waals surface area contributed by atoms with Crippen molar-refractivity contribution in [2.75, 3.05) is 0 Å². The summed E-state index contributed by atoms with van der Waals surface area (Å²) in [5.74, 6) is -2.06. The van der Waals surface area contributed by atoms with E-state index in [-0.39, 0.29) is 24.9 Å². The van der Waals surface area contributed by atoms with Crippen LogP contribution >= 0.6 is 0 Å². The van der Waals surface area contributed by atoms with Crippen molar-refractivity contribution in [3.05, 3.63) is 142 Å². The lowest BCUT2D eigenvalue weighted by atomic mass is 9.99. The van der Waals surface area contributed by atoms with Crippen LogP contribution in [0.4, 0.5) is 0 Å². The number of amides is 2. The second-order valence-electron chi connectivity index (χ2n) is 8.94. The van der Waals surface area contributed by atoms with Gasteiger partial charge in [0, 0.05) is 31.6 Å². The third-order valence-electron chi connectivity index (χ3n) is 6.20. The topological polar surface area (TPSA) is 97.3 Å². The predicted molar refractivity (Wildman–Crippen MR) is 145 cm³/mol. The van der Waals surface area contributed by atoms with Crippen molar-refractivity contribution in [1.29, 1.82) is 0 Å². The van der Waals surface area contributed by atoms with E-state index in [4.69, 9.17) is 0 Å². The van der Waals surface area contributed by atoms with Crippen LogP contribution in [-0.4, -0.2) is 28.2 Å². The van der Waals surface area contributed by atoms with Gasteiger partial charge >= 0.3 is 0 Å². The molecule has 1 aromatic heterocycles. The molecule has 192 valence electrons. The van der Waals surface area contributed by atoms with E-state index in [1.807, 2.05) is 91.0 Å². The van der Waals surface area contributed by atoms with Crippen LogP contribution in [0.1, 0.15) is 22.7 Å². The molecule has 2 N–H and O–H groups in total. The Hall–Kier alpha value is -4.78. The van der Waals surface area contributed by atoms with E-state index in [9.17, 15) is 19.2 Å². The van der Waals surface area contributed by atoms with Gasteiger partial charge < -0.3 is 15.2 Å². The monoisotopic (exact) mass is 507 g/mol. The lowest BCUT2D eigenvalue weighted by Gasteiger charge is -2.23. The number of hydrogen-bond donors (Lipinski definition) is 2. The summed E-state index contributed by atoms with van der Waals surface area (Å²) in [5.41, 5.74) is 2.16. The first-order valence-electron chi connectivity index (χ1n) is 12.4. The number of pyridine rings is 1. The maximum Gasteiger partial charge on any atom is 0.289 e. The van der Waals surface area contributed by atoms with E-state index in [1.54, 1.807) is 18.3 Å². The van der Waals surface area contributed by atoms with Crippen molar-refractivity contribution in [2.45, 2.75) is 31.5 Å². The summed E-state index contributed by atoms with van der Waals surface area (Å²) >= 11 is 0. The van der Waals surface area contributed by atoms with E-state index >= 15 is 0 Å². The second kappa shape index (κ2) is 13.0. The van der Waals surface area contributed by atoms with E-state index in [2.05, 4.69) is 10.6 Å². The van der Waals surface area contributed by atoms with Crippen molar-refractivity contribution in [1.82, 2.24) is 15.2 Å². The Morgan fingerprint density at radius 1 is 0.658 bits per heavy atom. The van der Waals surface area contributed by atoms with Crippen molar-refractivity contribution >= 4 is 17.6 Å². The van der Waals surface area contributed by atoms with Crippen LogP contribution in [0, 0.1) is 0 Å². The van der Waals surface area contributed by atoms with Crippen LogP contribution in [0.3, 0.4) is 0 Å². The second-order valence-corrected chi connectivity index (χ2v) is 8.94. The maximum atomic E-state index is 13.7. The molecular weight excluding hydrogens is 478 g/mol. The zero-order valence-electron chi connectivity index (χ0n) is 20.8.